The highest BCUT2D eigenvalue weighted by molar-refractivity contribution is 6.01. The molecule has 0 aliphatic rings. The Morgan fingerprint density at radius 2 is 1.02 bits per heavy atom. The molecule has 0 spiro atoms. The van der Waals surface area contributed by atoms with Crippen LogP contribution >= 0.6 is 0 Å². The van der Waals surface area contributed by atoms with Crippen molar-refractivity contribution < 1.29 is 48.7 Å². The Hall–Kier alpha value is -6.06. The number of hydrogen-bond acceptors (Lipinski definition) is 10. The molecular formula is C26H22N4O12. The normalized spacial score (nSPS) is 11.9. The van der Waals surface area contributed by atoms with Gasteiger partial charge in [-0.1, -0.05) is 24.3 Å². The third kappa shape index (κ3) is 6.39. The van der Waals surface area contributed by atoms with Crippen molar-refractivity contribution in [1.29, 1.82) is 0 Å². The maximum Gasteiger partial charge on any atom is 0.330 e. The van der Waals surface area contributed by atoms with Gasteiger partial charge in [0, 0.05) is 12.1 Å². The number of nitro benzene ring substituents is 2. The van der Waals surface area contributed by atoms with Gasteiger partial charge in [0.05, 0.1) is 24.1 Å². The molecule has 16 nitrogen and oxygen atoms in total. The van der Waals surface area contributed by atoms with Gasteiger partial charge in [0.25, 0.3) is 23.2 Å². The number of rotatable bonds is 12. The number of carbonyl (C=O) groups excluding carboxylic acids is 2. The van der Waals surface area contributed by atoms with Crippen molar-refractivity contribution in [3.05, 3.63) is 103 Å². The molecule has 218 valence electrons. The lowest BCUT2D eigenvalue weighted by Gasteiger charge is -2.24. The molecule has 3 aromatic carbocycles. The Morgan fingerprint density at radius 3 is 1.31 bits per heavy atom. The summed E-state index contributed by atoms with van der Waals surface area (Å²) in [6.07, 6.45) is 0. The fourth-order valence-electron chi connectivity index (χ4n) is 4.02. The van der Waals surface area contributed by atoms with E-state index in [0.29, 0.717) is 0 Å². The summed E-state index contributed by atoms with van der Waals surface area (Å²) in [4.78, 5) is 72.0. The Morgan fingerprint density at radius 1 is 0.690 bits per heavy atom. The molecule has 0 saturated heterocycles. The van der Waals surface area contributed by atoms with Crippen LogP contribution in [0, 0.1) is 20.2 Å². The molecule has 4 N–H and O–H groups in total. The fraction of sp³-hybridized carbons (Fsp3) is 0.154. The quantitative estimate of drug-likeness (QED) is 0.178. The molecule has 0 saturated carbocycles. The Labute approximate surface area is 235 Å². The van der Waals surface area contributed by atoms with Crippen molar-refractivity contribution in [3.8, 4) is 11.5 Å². The topological polar surface area (TPSA) is 238 Å². The largest absolute Gasteiger partial charge is 0.493 e. The standard InChI is InChI=1S/C26H22N4O12/c1-41-19-11-15(21(25(33)34)27-23(31)13-7-3-5-9-17(13)29(37)38)16(12-20(19)42-2)22(26(35)36)28-24(32)14-8-4-6-10-18(14)30(39)40/h3-12,21-22H,1-2H3,(H,27,31)(H,28,32)(H,33,34)(H,35,36). The number of para-hydroxylation sites is 2. The number of benzene rings is 3. The molecule has 0 heterocycles. The van der Waals surface area contributed by atoms with Gasteiger partial charge in [-0.25, -0.2) is 9.59 Å². The summed E-state index contributed by atoms with van der Waals surface area (Å²) in [7, 11) is 2.40. The van der Waals surface area contributed by atoms with Crippen molar-refractivity contribution >= 4 is 35.1 Å². The number of methoxy groups -OCH3 is 2. The molecule has 3 rings (SSSR count). The SMILES string of the molecule is COc1cc(C(NC(=O)c2ccccc2[N+](=O)[O-])C(=O)O)c(C(NC(=O)c2ccccc2[N+](=O)[O-])C(=O)O)cc1OC. The smallest absolute Gasteiger partial charge is 0.330 e. The average Bonchev–Trinajstić information content (AvgIpc) is 2.97. The lowest BCUT2D eigenvalue weighted by molar-refractivity contribution is -0.385. The molecule has 42 heavy (non-hydrogen) atoms. The molecular weight excluding hydrogens is 560 g/mol. The number of aliphatic carboxylic acids is 2. The van der Waals surface area contributed by atoms with E-state index >= 15 is 0 Å². The zero-order valence-corrected chi connectivity index (χ0v) is 21.8. The maximum absolute atomic E-state index is 13.0. The van der Waals surface area contributed by atoms with Gasteiger partial charge in [0.2, 0.25) is 0 Å². The molecule has 0 bridgehead atoms. The molecule has 0 radical (unpaired) electrons. The molecule has 0 aliphatic heterocycles. The van der Waals surface area contributed by atoms with E-state index < -0.39 is 79.3 Å². The van der Waals surface area contributed by atoms with Crippen LogP contribution in [0.5, 0.6) is 11.5 Å². The summed E-state index contributed by atoms with van der Waals surface area (Å²) >= 11 is 0. The zero-order chi connectivity index (χ0) is 31.1. The molecule has 3 aromatic rings. The Bertz CT molecular complexity index is 1470. The van der Waals surface area contributed by atoms with E-state index in [1.807, 2.05) is 0 Å². The van der Waals surface area contributed by atoms with Gasteiger partial charge in [-0.2, -0.15) is 0 Å². The predicted octanol–water partition coefficient (Wildman–Crippen LogP) is 2.63. The van der Waals surface area contributed by atoms with Crippen LogP contribution < -0.4 is 20.1 Å². The van der Waals surface area contributed by atoms with E-state index in [1.54, 1.807) is 0 Å². The van der Waals surface area contributed by atoms with Crippen LogP contribution in [0.1, 0.15) is 43.9 Å². The zero-order valence-electron chi connectivity index (χ0n) is 21.8. The van der Waals surface area contributed by atoms with Crippen LogP contribution in [0.2, 0.25) is 0 Å². The number of carbonyl (C=O) groups is 4. The van der Waals surface area contributed by atoms with Gasteiger partial charge in [-0.05, 0) is 35.4 Å². The number of nitrogens with zero attached hydrogens (tertiary/aromatic N) is 2. The van der Waals surface area contributed by atoms with Crippen molar-refractivity contribution in [2.24, 2.45) is 0 Å². The minimum Gasteiger partial charge on any atom is -0.493 e. The van der Waals surface area contributed by atoms with E-state index in [4.69, 9.17) is 9.47 Å². The maximum atomic E-state index is 13.0. The molecule has 16 heteroatoms. The second kappa shape index (κ2) is 12.9. The number of ether oxygens (including phenoxy) is 2. The third-order valence-corrected chi connectivity index (χ3v) is 5.95. The van der Waals surface area contributed by atoms with E-state index in [1.165, 1.54) is 38.5 Å². The lowest BCUT2D eigenvalue weighted by Crippen LogP contribution is -2.38. The highest BCUT2D eigenvalue weighted by atomic mass is 16.6. The molecule has 0 fully saturated rings. The Balaban J connectivity index is 2.17. The first-order valence-corrected chi connectivity index (χ1v) is 11.7. The number of nitro groups is 2. The van der Waals surface area contributed by atoms with Crippen LogP contribution in [0.15, 0.2) is 60.7 Å². The van der Waals surface area contributed by atoms with Gasteiger partial charge >= 0.3 is 11.9 Å². The van der Waals surface area contributed by atoms with Crippen molar-refractivity contribution in [2.45, 2.75) is 12.1 Å². The minimum absolute atomic E-state index is 0.0865. The number of amides is 2. The summed E-state index contributed by atoms with van der Waals surface area (Å²) in [6, 6.07) is 7.53. The lowest BCUT2D eigenvalue weighted by atomic mass is 9.93. The highest BCUT2D eigenvalue weighted by Crippen LogP contribution is 2.37. The summed E-state index contributed by atoms with van der Waals surface area (Å²) < 4.78 is 10.4. The fourth-order valence-corrected chi connectivity index (χ4v) is 4.02. The summed E-state index contributed by atoms with van der Waals surface area (Å²) in [5.41, 5.74) is -2.99. The average molecular weight is 582 g/mol. The van der Waals surface area contributed by atoms with Crippen LogP contribution in [-0.2, 0) is 9.59 Å². The van der Waals surface area contributed by atoms with Crippen LogP contribution in [0.25, 0.3) is 0 Å². The number of nitrogens with one attached hydrogen (secondary N) is 2. The van der Waals surface area contributed by atoms with Crippen LogP contribution in [-0.4, -0.2) is 58.0 Å². The number of hydrogen-bond donors (Lipinski definition) is 4. The van der Waals surface area contributed by atoms with Gasteiger partial charge in [0.15, 0.2) is 23.6 Å². The second-order valence-corrected chi connectivity index (χ2v) is 8.37. The van der Waals surface area contributed by atoms with Crippen molar-refractivity contribution in [1.82, 2.24) is 10.6 Å². The highest BCUT2D eigenvalue weighted by Gasteiger charge is 2.35. The van der Waals surface area contributed by atoms with Crippen LogP contribution in [0.4, 0.5) is 11.4 Å². The molecule has 2 amide bonds. The summed E-state index contributed by atoms with van der Waals surface area (Å²) in [5.74, 6) is -5.93. The van der Waals surface area contributed by atoms with Gasteiger partial charge < -0.3 is 30.3 Å². The first-order valence-electron chi connectivity index (χ1n) is 11.7. The Kier molecular flexibility index (Phi) is 9.33. The first-order chi connectivity index (χ1) is 19.9. The minimum atomic E-state index is -2.03. The van der Waals surface area contributed by atoms with Gasteiger partial charge in [-0.15, -0.1) is 0 Å². The van der Waals surface area contributed by atoms with E-state index in [2.05, 4.69) is 10.6 Å². The third-order valence-electron chi connectivity index (χ3n) is 5.95. The number of carboxylic acid groups (broad SMARTS) is 2. The van der Waals surface area contributed by atoms with E-state index in [-0.39, 0.29) is 11.5 Å². The molecule has 0 aromatic heterocycles. The summed E-state index contributed by atoms with van der Waals surface area (Å²) in [6.45, 7) is 0. The van der Waals surface area contributed by atoms with E-state index in [0.717, 1.165) is 36.4 Å². The van der Waals surface area contributed by atoms with Gasteiger partial charge in [0.1, 0.15) is 11.1 Å². The molecule has 0 aliphatic carbocycles. The van der Waals surface area contributed by atoms with Crippen molar-refractivity contribution in [3.63, 3.8) is 0 Å². The first kappa shape index (κ1) is 30.5. The van der Waals surface area contributed by atoms with Gasteiger partial charge in [-0.3, -0.25) is 29.8 Å². The predicted molar refractivity (Wildman–Crippen MR) is 141 cm³/mol. The monoisotopic (exact) mass is 582 g/mol. The number of carboxylic acids is 2. The molecule has 2 unspecified atom stereocenters. The second-order valence-electron chi connectivity index (χ2n) is 8.37. The summed E-state index contributed by atoms with van der Waals surface area (Å²) in [5, 5.41) is 47.2. The van der Waals surface area contributed by atoms with E-state index in [9.17, 15) is 49.6 Å². The molecule has 2 atom stereocenters. The van der Waals surface area contributed by atoms with Crippen molar-refractivity contribution in [2.75, 3.05) is 14.2 Å². The van der Waals surface area contributed by atoms with Crippen LogP contribution in [0.3, 0.4) is 0 Å².